The van der Waals surface area contributed by atoms with E-state index >= 15 is 0 Å². The maximum atomic E-state index is 11.7. The van der Waals surface area contributed by atoms with Crippen molar-refractivity contribution < 1.29 is 9.90 Å². The van der Waals surface area contributed by atoms with E-state index in [1.54, 1.807) is 12.3 Å². The molecule has 1 atom stereocenters. The van der Waals surface area contributed by atoms with Crippen LogP contribution in [-0.4, -0.2) is 27.4 Å². The number of primary amides is 1. The van der Waals surface area contributed by atoms with E-state index in [9.17, 15) is 9.90 Å². The topological polar surface area (TPSA) is 81.1 Å². The largest absolute Gasteiger partial charge is 0.396 e. The molecule has 2 rings (SSSR count). The first-order valence-electron chi connectivity index (χ1n) is 7.15. The van der Waals surface area contributed by atoms with Gasteiger partial charge in [0.05, 0.1) is 5.69 Å². The van der Waals surface area contributed by atoms with Gasteiger partial charge in [0.15, 0.2) is 0 Å². The zero-order chi connectivity index (χ0) is 15.4. The highest BCUT2D eigenvalue weighted by Crippen LogP contribution is 2.26. The summed E-state index contributed by atoms with van der Waals surface area (Å²) in [5.74, 6) is -0.601. The molecule has 0 radical (unpaired) electrons. The van der Waals surface area contributed by atoms with Gasteiger partial charge in [-0.3, -0.25) is 9.48 Å². The Balaban J connectivity index is 2.49. The van der Waals surface area contributed by atoms with Crippen LogP contribution in [0.5, 0.6) is 0 Å². The van der Waals surface area contributed by atoms with Gasteiger partial charge < -0.3 is 10.8 Å². The molecular weight excluding hydrogens is 266 g/mol. The number of amides is 1. The fourth-order valence-corrected chi connectivity index (χ4v) is 2.42. The van der Waals surface area contributed by atoms with E-state index in [1.807, 2.05) is 29.8 Å². The fourth-order valence-electron chi connectivity index (χ4n) is 2.42. The van der Waals surface area contributed by atoms with E-state index in [-0.39, 0.29) is 12.5 Å². The van der Waals surface area contributed by atoms with Crippen LogP contribution in [0.2, 0.25) is 0 Å². The van der Waals surface area contributed by atoms with Gasteiger partial charge >= 0.3 is 0 Å². The first kappa shape index (κ1) is 15.3. The van der Waals surface area contributed by atoms with Crippen LogP contribution in [0.15, 0.2) is 30.5 Å². The van der Waals surface area contributed by atoms with Crippen molar-refractivity contribution in [2.75, 3.05) is 6.61 Å². The summed E-state index contributed by atoms with van der Waals surface area (Å²) in [5.41, 5.74) is 8.58. The van der Waals surface area contributed by atoms with Gasteiger partial charge in [0.2, 0.25) is 5.91 Å². The van der Waals surface area contributed by atoms with Gasteiger partial charge in [-0.15, -0.1) is 0 Å². The van der Waals surface area contributed by atoms with E-state index < -0.39 is 5.91 Å². The van der Waals surface area contributed by atoms with E-state index in [2.05, 4.69) is 12.0 Å². The summed E-state index contributed by atoms with van der Waals surface area (Å²) in [5, 5.41) is 13.6. The van der Waals surface area contributed by atoms with Crippen molar-refractivity contribution in [2.45, 2.75) is 32.7 Å². The van der Waals surface area contributed by atoms with Crippen molar-refractivity contribution in [3.8, 4) is 11.3 Å². The number of benzene rings is 1. The van der Waals surface area contributed by atoms with E-state index in [0.29, 0.717) is 5.56 Å². The predicted molar refractivity (Wildman–Crippen MR) is 82.0 cm³/mol. The third-order valence-electron chi connectivity index (χ3n) is 3.57. The Kier molecular flexibility index (Phi) is 4.75. The number of carbonyl (C=O) groups is 1. The van der Waals surface area contributed by atoms with Crippen LogP contribution in [0.25, 0.3) is 11.3 Å². The molecule has 0 aliphatic rings. The van der Waals surface area contributed by atoms with Crippen molar-refractivity contribution in [3.63, 3.8) is 0 Å². The van der Waals surface area contributed by atoms with Crippen LogP contribution in [0, 0.1) is 0 Å². The number of aromatic nitrogens is 2. The molecule has 1 heterocycles. The molecule has 0 bridgehead atoms. The number of aliphatic hydroxyl groups excluding tert-OH is 1. The molecular formula is C16H21N3O2. The van der Waals surface area contributed by atoms with Gasteiger partial charge in [0.25, 0.3) is 0 Å². The minimum absolute atomic E-state index is 0.0204. The molecule has 1 amide bonds. The van der Waals surface area contributed by atoms with Crippen molar-refractivity contribution in [2.24, 2.45) is 5.73 Å². The number of hydrogen-bond acceptors (Lipinski definition) is 3. The lowest BCUT2D eigenvalue weighted by atomic mass is 9.93. The molecule has 0 saturated heterocycles. The number of rotatable bonds is 6. The Morgan fingerprint density at radius 1 is 1.43 bits per heavy atom. The minimum Gasteiger partial charge on any atom is -0.396 e. The Morgan fingerprint density at radius 2 is 2.19 bits per heavy atom. The number of nitrogens with two attached hydrogens (primary N) is 1. The monoisotopic (exact) mass is 287 g/mol. The molecule has 3 N–H and O–H groups in total. The van der Waals surface area contributed by atoms with Crippen LogP contribution in [0.3, 0.4) is 0 Å². The number of aliphatic hydroxyl groups is 1. The standard InChI is InChI=1S/C16H21N3O2/c1-3-8-19-15(6-7-18-19)12-4-5-13(11(2)10-20)14(9-12)16(17)21/h4-7,9,11,20H,3,8,10H2,1-2H3,(H2,17,21)/t11-/m1/s1. The zero-order valence-electron chi connectivity index (χ0n) is 12.4. The lowest BCUT2D eigenvalue weighted by Gasteiger charge is -2.14. The Hall–Kier alpha value is -2.14. The molecule has 1 aromatic heterocycles. The second-order valence-electron chi connectivity index (χ2n) is 5.19. The molecule has 5 nitrogen and oxygen atoms in total. The second-order valence-corrected chi connectivity index (χ2v) is 5.19. The maximum Gasteiger partial charge on any atom is 0.249 e. The predicted octanol–water partition coefficient (Wildman–Crippen LogP) is 2.15. The number of carbonyl (C=O) groups excluding carboxylic acids is 1. The Labute approximate surface area is 124 Å². The second kappa shape index (κ2) is 6.54. The molecule has 0 aliphatic heterocycles. The van der Waals surface area contributed by atoms with Crippen LogP contribution in [-0.2, 0) is 6.54 Å². The summed E-state index contributed by atoms with van der Waals surface area (Å²) in [6.07, 6.45) is 2.73. The molecule has 0 saturated carbocycles. The molecule has 5 heteroatoms. The Bertz CT molecular complexity index is 634. The highest BCUT2D eigenvalue weighted by Gasteiger charge is 2.16. The molecule has 0 spiro atoms. The summed E-state index contributed by atoms with van der Waals surface area (Å²) < 4.78 is 1.91. The number of aryl methyl sites for hydroxylation is 1. The van der Waals surface area contributed by atoms with Crippen LogP contribution in [0.4, 0.5) is 0 Å². The van der Waals surface area contributed by atoms with Gasteiger partial charge in [-0.2, -0.15) is 5.10 Å². The minimum atomic E-state index is -0.478. The van der Waals surface area contributed by atoms with Gasteiger partial charge in [0, 0.05) is 36.4 Å². The first-order valence-corrected chi connectivity index (χ1v) is 7.15. The molecule has 0 aliphatic carbocycles. The van der Waals surface area contributed by atoms with Gasteiger partial charge in [-0.25, -0.2) is 0 Å². The van der Waals surface area contributed by atoms with E-state index in [0.717, 1.165) is 29.8 Å². The fraction of sp³-hybridized carbons (Fsp3) is 0.375. The van der Waals surface area contributed by atoms with Crippen LogP contribution >= 0.6 is 0 Å². The number of hydrogen-bond donors (Lipinski definition) is 2. The zero-order valence-corrected chi connectivity index (χ0v) is 12.4. The molecule has 2 aromatic rings. The molecule has 112 valence electrons. The summed E-state index contributed by atoms with van der Waals surface area (Å²) >= 11 is 0. The lowest BCUT2D eigenvalue weighted by Crippen LogP contribution is -2.16. The SMILES string of the molecule is CCCn1nccc1-c1ccc([C@H](C)CO)c(C(N)=O)c1. The average Bonchev–Trinajstić information content (AvgIpc) is 2.94. The molecule has 21 heavy (non-hydrogen) atoms. The summed E-state index contributed by atoms with van der Waals surface area (Å²) in [7, 11) is 0. The summed E-state index contributed by atoms with van der Waals surface area (Å²) in [6, 6.07) is 7.51. The quantitative estimate of drug-likeness (QED) is 0.854. The van der Waals surface area contributed by atoms with Crippen LogP contribution in [0.1, 0.15) is 42.1 Å². The van der Waals surface area contributed by atoms with Crippen molar-refractivity contribution >= 4 is 5.91 Å². The van der Waals surface area contributed by atoms with Crippen molar-refractivity contribution in [1.29, 1.82) is 0 Å². The first-order chi connectivity index (χ1) is 10.1. The third kappa shape index (κ3) is 3.13. The summed E-state index contributed by atoms with van der Waals surface area (Å²) in [4.78, 5) is 11.7. The average molecular weight is 287 g/mol. The molecule has 1 aromatic carbocycles. The smallest absolute Gasteiger partial charge is 0.249 e. The van der Waals surface area contributed by atoms with Crippen molar-refractivity contribution in [1.82, 2.24) is 9.78 Å². The van der Waals surface area contributed by atoms with Crippen molar-refractivity contribution in [3.05, 3.63) is 41.6 Å². The summed E-state index contributed by atoms with van der Waals surface area (Å²) in [6.45, 7) is 4.76. The van der Waals surface area contributed by atoms with E-state index in [1.165, 1.54) is 0 Å². The maximum absolute atomic E-state index is 11.7. The molecule has 0 fully saturated rings. The number of nitrogens with zero attached hydrogens (tertiary/aromatic N) is 2. The van der Waals surface area contributed by atoms with Gasteiger partial charge in [-0.1, -0.05) is 26.0 Å². The van der Waals surface area contributed by atoms with Gasteiger partial charge in [0.1, 0.15) is 0 Å². The highest BCUT2D eigenvalue weighted by atomic mass is 16.3. The molecule has 0 unspecified atom stereocenters. The normalized spacial score (nSPS) is 12.3. The van der Waals surface area contributed by atoms with E-state index in [4.69, 9.17) is 5.73 Å². The van der Waals surface area contributed by atoms with Crippen LogP contribution < -0.4 is 5.73 Å². The highest BCUT2D eigenvalue weighted by molar-refractivity contribution is 5.95. The lowest BCUT2D eigenvalue weighted by molar-refractivity contribution is 0.0998. The Morgan fingerprint density at radius 3 is 2.81 bits per heavy atom. The third-order valence-corrected chi connectivity index (χ3v) is 3.57. The van der Waals surface area contributed by atoms with Gasteiger partial charge in [-0.05, 0) is 24.1 Å².